The van der Waals surface area contributed by atoms with Gasteiger partial charge in [-0.1, -0.05) is 58.3 Å². The molecule has 3 rings (SSSR count). The molecule has 166 valence electrons. The van der Waals surface area contributed by atoms with Gasteiger partial charge in [-0.15, -0.1) is 0 Å². The molecule has 1 saturated carbocycles. The van der Waals surface area contributed by atoms with Gasteiger partial charge < -0.3 is 16.2 Å². The van der Waals surface area contributed by atoms with Crippen LogP contribution in [0.5, 0.6) is 5.75 Å². The third-order valence-corrected chi connectivity index (χ3v) is 6.21. The largest absolute Gasteiger partial charge is 0.494 e. The second-order valence-electron chi connectivity index (χ2n) is 8.64. The Bertz CT molecular complexity index is 707. The molecule has 1 aliphatic heterocycles. The van der Waals surface area contributed by atoms with Crippen molar-refractivity contribution in [3.05, 3.63) is 24.3 Å². The molecule has 1 heterocycles. The Balaban J connectivity index is 1.49. The number of hydrogen-bond donors (Lipinski definition) is 2. The first-order valence-electron chi connectivity index (χ1n) is 11.9. The minimum atomic E-state index is -0.395. The van der Waals surface area contributed by atoms with E-state index in [4.69, 9.17) is 21.2 Å². The predicted octanol–water partition coefficient (Wildman–Crippen LogP) is 5.32. The number of nitrogens with zero attached hydrogens (tertiary/aromatic N) is 3. The highest BCUT2D eigenvalue weighted by atomic mass is 16.5. The van der Waals surface area contributed by atoms with Crippen LogP contribution in [0.4, 0.5) is 5.69 Å². The summed E-state index contributed by atoms with van der Waals surface area (Å²) in [5.41, 5.74) is 12.8. The third-order valence-electron chi connectivity index (χ3n) is 6.21. The van der Waals surface area contributed by atoms with Gasteiger partial charge in [-0.05, 0) is 56.4 Å². The molecule has 1 aromatic rings. The van der Waals surface area contributed by atoms with Gasteiger partial charge in [-0.2, -0.15) is 4.99 Å². The summed E-state index contributed by atoms with van der Waals surface area (Å²) in [5.74, 6) is 1.61. The summed E-state index contributed by atoms with van der Waals surface area (Å²) in [6.45, 7) is 3.03. The first kappa shape index (κ1) is 22.4. The molecule has 1 spiro atoms. The van der Waals surface area contributed by atoms with Gasteiger partial charge in [0.05, 0.1) is 6.61 Å². The van der Waals surface area contributed by atoms with E-state index in [9.17, 15) is 0 Å². The van der Waals surface area contributed by atoms with Crippen LogP contribution >= 0.6 is 0 Å². The number of rotatable bonds is 11. The summed E-state index contributed by atoms with van der Waals surface area (Å²) in [6, 6.07) is 8.15. The molecule has 1 aromatic carbocycles. The van der Waals surface area contributed by atoms with E-state index in [1.165, 1.54) is 51.4 Å². The fourth-order valence-electron chi connectivity index (χ4n) is 4.61. The van der Waals surface area contributed by atoms with Crippen molar-refractivity contribution >= 4 is 17.6 Å². The molecule has 1 fully saturated rings. The van der Waals surface area contributed by atoms with Crippen molar-refractivity contribution in [2.24, 2.45) is 21.5 Å². The van der Waals surface area contributed by atoms with Gasteiger partial charge in [0, 0.05) is 5.69 Å². The summed E-state index contributed by atoms with van der Waals surface area (Å²) >= 11 is 0. The van der Waals surface area contributed by atoms with Crippen molar-refractivity contribution in [2.75, 3.05) is 11.5 Å². The molecule has 6 nitrogen and oxygen atoms in total. The van der Waals surface area contributed by atoms with E-state index in [1.54, 1.807) is 0 Å². The van der Waals surface area contributed by atoms with Crippen LogP contribution in [-0.2, 0) is 0 Å². The third kappa shape index (κ3) is 5.89. The minimum absolute atomic E-state index is 0.288. The first-order valence-corrected chi connectivity index (χ1v) is 11.9. The molecule has 0 unspecified atom stereocenters. The van der Waals surface area contributed by atoms with Crippen molar-refractivity contribution in [2.45, 2.75) is 96.1 Å². The lowest BCUT2D eigenvalue weighted by Crippen LogP contribution is -2.58. The maximum absolute atomic E-state index is 6.29. The van der Waals surface area contributed by atoms with Crippen molar-refractivity contribution in [3.8, 4) is 5.75 Å². The number of hydrogen-bond acceptors (Lipinski definition) is 6. The molecule has 0 aromatic heterocycles. The van der Waals surface area contributed by atoms with E-state index in [0.717, 1.165) is 50.1 Å². The molecule has 0 bridgehead atoms. The van der Waals surface area contributed by atoms with Gasteiger partial charge in [-0.25, -0.2) is 4.99 Å². The van der Waals surface area contributed by atoms with E-state index in [0.29, 0.717) is 5.96 Å². The number of benzene rings is 1. The lowest BCUT2D eigenvalue weighted by atomic mass is 9.87. The van der Waals surface area contributed by atoms with Crippen molar-refractivity contribution in [1.82, 2.24) is 0 Å². The molecular weight excluding hydrogens is 374 g/mol. The van der Waals surface area contributed by atoms with E-state index in [-0.39, 0.29) is 5.96 Å². The van der Waals surface area contributed by atoms with Gasteiger partial charge in [0.2, 0.25) is 11.9 Å². The van der Waals surface area contributed by atoms with Gasteiger partial charge in [-0.3, -0.25) is 4.90 Å². The molecule has 0 atom stereocenters. The van der Waals surface area contributed by atoms with Gasteiger partial charge >= 0.3 is 0 Å². The average Bonchev–Trinajstić information content (AvgIpc) is 2.73. The molecule has 2 aliphatic rings. The summed E-state index contributed by atoms with van der Waals surface area (Å²) in [4.78, 5) is 11.0. The smallest absolute Gasteiger partial charge is 0.220 e. The maximum atomic E-state index is 6.29. The number of aliphatic imine (C=N–C) groups is 2. The highest BCUT2D eigenvalue weighted by Crippen LogP contribution is 2.39. The number of unbranched alkanes of at least 4 members (excludes halogenated alkanes) is 7. The Kier molecular flexibility index (Phi) is 8.40. The quantitative estimate of drug-likeness (QED) is 0.481. The molecule has 4 N–H and O–H groups in total. The van der Waals surface area contributed by atoms with Crippen molar-refractivity contribution in [1.29, 1.82) is 0 Å². The minimum Gasteiger partial charge on any atom is -0.494 e. The Morgan fingerprint density at radius 3 is 2.20 bits per heavy atom. The molecule has 1 aliphatic carbocycles. The highest BCUT2D eigenvalue weighted by molar-refractivity contribution is 6.05. The van der Waals surface area contributed by atoms with Gasteiger partial charge in [0.15, 0.2) is 0 Å². The zero-order chi connectivity index (χ0) is 21.2. The summed E-state index contributed by atoms with van der Waals surface area (Å²) < 4.78 is 5.95. The maximum Gasteiger partial charge on any atom is 0.220 e. The van der Waals surface area contributed by atoms with E-state index in [2.05, 4.69) is 28.9 Å². The molecule has 0 amide bonds. The van der Waals surface area contributed by atoms with E-state index in [1.807, 2.05) is 12.1 Å². The molecule has 30 heavy (non-hydrogen) atoms. The lowest BCUT2D eigenvalue weighted by Gasteiger charge is -2.45. The van der Waals surface area contributed by atoms with Crippen LogP contribution in [0.3, 0.4) is 0 Å². The summed E-state index contributed by atoms with van der Waals surface area (Å²) in [7, 11) is 0. The zero-order valence-corrected chi connectivity index (χ0v) is 18.6. The Morgan fingerprint density at radius 1 is 0.900 bits per heavy atom. The number of ether oxygens (including phenoxy) is 1. The van der Waals surface area contributed by atoms with Crippen molar-refractivity contribution in [3.63, 3.8) is 0 Å². The topological polar surface area (TPSA) is 89.2 Å². The Labute approximate surface area is 181 Å². The molecule has 6 heteroatoms. The van der Waals surface area contributed by atoms with E-state index >= 15 is 0 Å². The Morgan fingerprint density at radius 2 is 1.53 bits per heavy atom. The lowest BCUT2D eigenvalue weighted by molar-refractivity contribution is 0.302. The second kappa shape index (κ2) is 11.2. The van der Waals surface area contributed by atoms with Crippen LogP contribution in [0.15, 0.2) is 34.3 Å². The molecular formula is C24H39N5O. The normalized spacial score (nSPS) is 18.2. The fourth-order valence-corrected chi connectivity index (χ4v) is 4.61. The van der Waals surface area contributed by atoms with Crippen LogP contribution in [0.2, 0.25) is 0 Å². The molecule has 0 radical (unpaired) electrons. The number of anilines is 1. The molecule has 0 saturated heterocycles. The predicted molar refractivity (Wildman–Crippen MR) is 126 cm³/mol. The SMILES string of the molecule is CCCCCCCCCCOc1ccc(N2C(N)=NC(N)=NC23CCCCC3)cc1. The zero-order valence-electron chi connectivity index (χ0n) is 18.6. The van der Waals surface area contributed by atoms with Crippen LogP contribution < -0.4 is 21.1 Å². The second-order valence-corrected chi connectivity index (χ2v) is 8.64. The summed E-state index contributed by atoms with van der Waals surface area (Å²) in [6.07, 6.45) is 15.8. The average molecular weight is 414 g/mol. The fraction of sp³-hybridized carbons (Fsp3) is 0.667. The highest BCUT2D eigenvalue weighted by Gasteiger charge is 2.42. The van der Waals surface area contributed by atoms with Crippen LogP contribution in [0.1, 0.15) is 90.4 Å². The number of guanidine groups is 2. The van der Waals surface area contributed by atoms with Crippen LogP contribution in [0, 0.1) is 0 Å². The van der Waals surface area contributed by atoms with Crippen LogP contribution in [0.25, 0.3) is 0 Å². The van der Waals surface area contributed by atoms with Gasteiger partial charge in [0.1, 0.15) is 11.4 Å². The Hall–Kier alpha value is -2.24. The standard InChI is InChI=1S/C24H39N5O/c1-2-3-4-5-6-7-8-12-19-30-21-15-13-20(14-16-21)29-23(26)27-22(25)28-24(29)17-10-9-11-18-24/h13-16H,2-12,17-19H2,1H3,(H4,25,26,27,28). The van der Waals surface area contributed by atoms with E-state index < -0.39 is 5.66 Å². The van der Waals surface area contributed by atoms with Gasteiger partial charge in [0.25, 0.3) is 0 Å². The number of nitrogens with two attached hydrogens (primary N) is 2. The summed E-state index contributed by atoms with van der Waals surface area (Å²) in [5, 5.41) is 0. The first-order chi connectivity index (χ1) is 14.6. The van der Waals surface area contributed by atoms with Crippen molar-refractivity contribution < 1.29 is 4.74 Å². The van der Waals surface area contributed by atoms with Crippen LogP contribution in [-0.4, -0.2) is 24.2 Å². The monoisotopic (exact) mass is 413 g/mol.